The molecule has 1 unspecified atom stereocenters. The zero-order valence-electron chi connectivity index (χ0n) is 6.66. The molecule has 0 spiro atoms. The first-order chi connectivity index (χ1) is 5.38. The molecule has 0 N–H and O–H groups in total. The number of allylic oxidation sites excluding steroid dienone is 1. The molecule has 0 bridgehead atoms. The first-order valence-corrected chi connectivity index (χ1v) is 7.26. The summed E-state index contributed by atoms with van der Waals surface area (Å²) in [6, 6.07) is 10.6. The van der Waals surface area contributed by atoms with Gasteiger partial charge in [-0.25, -0.2) is 0 Å². The molecule has 0 fully saturated rings. The summed E-state index contributed by atoms with van der Waals surface area (Å²) in [5, 5.41) is 0. The van der Waals surface area contributed by atoms with Crippen molar-refractivity contribution in [1.29, 1.82) is 0 Å². The van der Waals surface area contributed by atoms with Gasteiger partial charge in [0.1, 0.15) is 0 Å². The van der Waals surface area contributed by atoms with E-state index in [0.29, 0.717) is 3.97 Å². The Morgan fingerprint density at radius 2 is 2.00 bits per heavy atom. The van der Waals surface area contributed by atoms with Crippen LogP contribution in [0.5, 0.6) is 0 Å². The van der Waals surface area contributed by atoms with Crippen LogP contribution in [0.2, 0.25) is 4.97 Å². The van der Waals surface area contributed by atoms with Crippen LogP contribution in [0.25, 0.3) is 0 Å². The van der Waals surface area contributed by atoms with Crippen molar-refractivity contribution in [3.63, 3.8) is 0 Å². The van der Waals surface area contributed by atoms with Gasteiger partial charge in [-0.15, -0.1) is 0 Å². The third-order valence-electron chi connectivity index (χ3n) is 1.60. The van der Waals surface area contributed by atoms with E-state index >= 15 is 0 Å². The third-order valence-corrected chi connectivity index (χ3v) is 4.37. The molecule has 1 rings (SSSR count). The average molecular weight is 260 g/mol. The molecule has 0 amide bonds. The van der Waals surface area contributed by atoms with Crippen LogP contribution in [0.15, 0.2) is 43.0 Å². The quantitative estimate of drug-likeness (QED) is 0.578. The van der Waals surface area contributed by atoms with Crippen LogP contribution in [0, 0.1) is 0 Å². The summed E-state index contributed by atoms with van der Waals surface area (Å²) in [6.45, 7) is 3.84. The molecule has 0 saturated carbocycles. The van der Waals surface area contributed by atoms with Crippen molar-refractivity contribution in [2.24, 2.45) is 0 Å². The molecule has 58 valence electrons. The summed E-state index contributed by atoms with van der Waals surface area (Å²) < 4.78 is 0.654. The molecule has 0 aliphatic rings. The molecular weight excluding hydrogens is 248 g/mol. The van der Waals surface area contributed by atoms with E-state index < -0.39 is 0 Å². The summed E-state index contributed by atoms with van der Waals surface area (Å²) in [6.07, 6.45) is 2.07. The van der Waals surface area contributed by atoms with Crippen molar-refractivity contribution in [3.05, 3.63) is 48.6 Å². The van der Waals surface area contributed by atoms with Gasteiger partial charge in [-0.3, -0.25) is 0 Å². The van der Waals surface area contributed by atoms with E-state index in [9.17, 15) is 0 Å². The van der Waals surface area contributed by atoms with Crippen molar-refractivity contribution in [2.75, 3.05) is 0 Å². The molecular formula is C10H12Te. The summed E-state index contributed by atoms with van der Waals surface area (Å²) >= 11 is 0.0834. The van der Waals surface area contributed by atoms with E-state index in [4.69, 9.17) is 0 Å². The van der Waals surface area contributed by atoms with Crippen molar-refractivity contribution in [2.45, 2.75) is 8.94 Å². The Morgan fingerprint density at radius 1 is 1.36 bits per heavy atom. The van der Waals surface area contributed by atoms with Gasteiger partial charge in [-0.05, 0) is 0 Å². The van der Waals surface area contributed by atoms with Gasteiger partial charge in [-0.2, -0.15) is 0 Å². The second-order valence-electron chi connectivity index (χ2n) is 2.30. The van der Waals surface area contributed by atoms with E-state index in [0.717, 1.165) is 0 Å². The predicted molar refractivity (Wildman–Crippen MR) is 51.0 cm³/mol. The number of hydrogen-bond donors (Lipinski definition) is 0. The van der Waals surface area contributed by atoms with E-state index in [1.54, 1.807) is 0 Å². The van der Waals surface area contributed by atoms with Crippen molar-refractivity contribution >= 4 is 20.9 Å². The Balaban J connectivity index is 2.82. The molecule has 1 aromatic carbocycles. The zero-order chi connectivity index (χ0) is 8.10. The fraction of sp³-hybridized carbons (Fsp3) is 0.200. The maximum atomic E-state index is 3.84. The van der Waals surface area contributed by atoms with Crippen LogP contribution in [0.1, 0.15) is 9.53 Å². The molecule has 11 heavy (non-hydrogen) atoms. The van der Waals surface area contributed by atoms with Gasteiger partial charge in [-0.1, -0.05) is 0 Å². The SMILES string of the molecule is C=CC([Te]C)c1ccccc1. The fourth-order valence-corrected chi connectivity index (χ4v) is 2.79. The van der Waals surface area contributed by atoms with Gasteiger partial charge in [0.05, 0.1) is 0 Å². The molecule has 1 atom stereocenters. The normalized spacial score (nSPS) is 12.5. The van der Waals surface area contributed by atoms with Crippen LogP contribution in [0.4, 0.5) is 0 Å². The van der Waals surface area contributed by atoms with Gasteiger partial charge < -0.3 is 0 Å². The number of benzene rings is 1. The van der Waals surface area contributed by atoms with E-state index in [2.05, 4.69) is 48.0 Å². The summed E-state index contributed by atoms with van der Waals surface area (Å²) in [5.74, 6) is 0. The topological polar surface area (TPSA) is 0 Å². The maximum absolute atomic E-state index is 3.84. The van der Waals surface area contributed by atoms with Gasteiger partial charge in [0.25, 0.3) is 0 Å². The molecule has 0 nitrogen and oxygen atoms in total. The second-order valence-corrected chi connectivity index (χ2v) is 5.10. The van der Waals surface area contributed by atoms with Crippen LogP contribution >= 0.6 is 0 Å². The molecule has 0 aliphatic heterocycles. The van der Waals surface area contributed by atoms with E-state index in [-0.39, 0.29) is 20.9 Å². The van der Waals surface area contributed by atoms with Crippen LogP contribution in [0.3, 0.4) is 0 Å². The molecule has 0 radical (unpaired) electrons. The first kappa shape index (κ1) is 8.84. The number of hydrogen-bond acceptors (Lipinski definition) is 0. The molecule has 0 saturated heterocycles. The fourth-order valence-electron chi connectivity index (χ4n) is 1.01. The average Bonchev–Trinajstić information content (AvgIpc) is 2.09. The predicted octanol–water partition coefficient (Wildman–Crippen LogP) is 2.67. The standard InChI is InChI=1S/C10H12Te/c1-3-10(11-2)9-7-5-4-6-8-9/h3-8,10H,1H2,2H3. The molecule has 0 heterocycles. The Labute approximate surface area is 78.4 Å². The minimum absolute atomic E-state index is 0.0834. The number of rotatable bonds is 3. The van der Waals surface area contributed by atoms with Crippen LogP contribution in [-0.4, -0.2) is 20.9 Å². The van der Waals surface area contributed by atoms with Crippen molar-refractivity contribution in [3.8, 4) is 0 Å². The van der Waals surface area contributed by atoms with Gasteiger partial charge in [0, 0.05) is 0 Å². The molecule has 0 aromatic heterocycles. The summed E-state index contributed by atoms with van der Waals surface area (Å²) in [4.78, 5) is 2.31. The van der Waals surface area contributed by atoms with Gasteiger partial charge in [0.15, 0.2) is 0 Å². The van der Waals surface area contributed by atoms with Crippen LogP contribution in [-0.2, 0) is 0 Å². The zero-order valence-corrected chi connectivity index (χ0v) is 8.99. The minimum atomic E-state index is 0.0834. The summed E-state index contributed by atoms with van der Waals surface area (Å²) in [7, 11) is 0. The molecule has 1 aromatic rings. The molecule has 0 aliphatic carbocycles. The molecule has 1 heteroatoms. The van der Waals surface area contributed by atoms with E-state index in [1.165, 1.54) is 5.56 Å². The monoisotopic (exact) mass is 262 g/mol. The third kappa shape index (κ3) is 2.36. The Morgan fingerprint density at radius 3 is 2.45 bits per heavy atom. The first-order valence-electron chi connectivity index (χ1n) is 3.58. The van der Waals surface area contributed by atoms with E-state index in [1.807, 2.05) is 0 Å². The Hall–Kier alpha value is -0.250. The Bertz CT molecular complexity index is 216. The van der Waals surface area contributed by atoms with Gasteiger partial charge >= 0.3 is 78.4 Å². The van der Waals surface area contributed by atoms with Gasteiger partial charge in [0.2, 0.25) is 0 Å². The van der Waals surface area contributed by atoms with Crippen molar-refractivity contribution < 1.29 is 0 Å². The summed E-state index contributed by atoms with van der Waals surface area (Å²) in [5.41, 5.74) is 1.42. The van der Waals surface area contributed by atoms with Crippen LogP contribution < -0.4 is 0 Å². The Kier molecular flexibility index (Phi) is 3.69. The second kappa shape index (κ2) is 4.59. The van der Waals surface area contributed by atoms with Crippen molar-refractivity contribution in [1.82, 2.24) is 0 Å².